The van der Waals surface area contributed by atoms with Crippen molar-refractivity contribution in [2.45, 2.75) is 32.8 Å². The summed E-state index contributed by atoms with van der Waals surface area (Å²) in [6.45, 7) is 7.42. The van der Waals surface area contributed by atoms with Crippen LogP contribution in [0.2, 0.25) is 0 Å². The van der Waals surface area contributed by atoms with Crippen LogP contribution in [0.5, 0.6) is 0 Å². The van der Waals surface area contributed by atoms with Gasteiger partial charge < -0.3 is 4.74 Å². The van der Waals surface area contributed by atoms with Gasteiger partial charge in [0.2, 0.25) is 0 Å². The Kier molecular flexibility index (Phi) is 2.96. The summed E-state index contributed by atoms with van der Waals surface area (Å²) in [7, 11) is 0. The van der Waals surface area contributed by atoms with E-state index in [4.69, 9.17) is 4.74 Å². The van der Waals surface area contributed by atoms with Crippen LogP contribution in [0.15, 0.2) is 30.3 Å². The Morgan fingerprint density at radius 1 is 1.18 bits per heavy atom. The van der Waals surface area contributed by atoms with Gasteiger partial charge in [-0.15, -0.1) is 0 Å². The number of carbonyl (C=O) groups is 1. The number of ether oxygens (including phenoxy) is 1. The number of hydrogen-bond acceptors (Lipinski definition) is 2. The van der Waals surface area contributed by atoms with Crippen LogP contribution in [0.1, 0.15) is 27.2 Å². The van der Waals surface area contributed by atoms with E-state index in [1.165, 1.54) is 0 Å². The molecule has 0 atom stereocenters. The maximum Gasteiger partial charge on any atom is 0.521 e. The van der Waals surface area contributed by atoms with E-state index in [2.05, 4.69) is 0 Å². The summed E-state index contributed by atoms with van der Waals surface area (Å²) in [5.41, 5.74) is 0.611. The first-order valence-electron chi connectivity index (χ1n) is 6.10. The lowest BCUT2D eigenvalue weighted by Crippen LogP contribution is -2.64. The van der Waals surface area contributed by atoms with Crippen molar-refractivity contribution in [3.8, 4) is 0 Å². The quantitative estimate of drug-likeness (QED) is 0.697. The van der Waals surface area contributed by atoms with Crippen LogP contribution in [0.4, 0.5) is 10.5 Å². The Morgan fingerprint density at radius 3 is 2.18 bits per heavy atom. The zero-order chi connectivity index (χ0) is 12.5. The van der Waals surface area contributed by atoms with Crippen LogP contribution in [0, 0.1) is 0 Å². The van der Waals surface area contributed by atoms with E-state index in [0.717, 1.165) is 25.2 Å². The van der Waals surface area contributed by atoms with Crippen molar-refractivity contribution < 1.29 is 9.53 Å². The third kappa shape index (κ3) is 2.34. The van der Waals surface area contributed by atoms with Gasteiger partial charge in [-0.2, -0.15) is 9.28 Å². The molecule has 0 N–H and O–H groups in total. The molecule has 92 valence electrons. The first kappa shape index (κ1) is 12.1. The molecule has 1 aliphatic heterocycles. The molecule has 1 aliphatic rings. The molecule has 0 radical (unpaired) electrons. The molecule has 1 amide bonds. The van der Waals surface area contributed by atoms with E-state index >= 15 is 0 Å². The summed E-state index contributed by atoms with van der Waals surface area (Å²) in [6.07, 6.45) is 0.948. The lowest BCUT2D eigenvalue weighted by molar-refractivity contribution is 0.0148. The molecular weight excluding hydrogens is 214 g/mol. The van der Waals surface area contributed by atoms with E-state index in [1.807, 2.05) is 51.1 Å². The van der Waals surface area contributed by atoms with Crippen LogP contribution in [-0.2, 0) is 4.74 Å². The van der Waals surface area contributed by atoms with Gasteiger partial charge in [0.25, 0.3) is 0 Å². The third-order valence-electron chi connectivity index (χ3n) is 3.07. The van der Waals surface area contributed by atoms with Crippen LogP contribution in [0.3, 0.4) is 0 Å². The van der Waals surface area contributed by atoms with Crippen molar-refractivity contribution in [1.82, 2.24) is 4.48 Å². The number of hydrogen-bond donors (Lipinski definition) is 0. The smallest absolute Gasteiger partial charge is 0.414 e. The van der Waals surface area contributed by atoms with E-state index in [0.29, 0.717) is 4.48 Å². The highest BCUT2D eigenvalue weighted by atomic mass is 16.6. The minimum Gasteiger partial charge on any atom is -0.414 e. The number of carbonyl (C=O) groups excluding carboxylic acids is 1. The molecule has 2 rings (SSSR count). The first-order valence-corrected chi connectivity index (χ1v) is 6.10. The fourth-order valence-corrected chi connectivity index (χ4v) is 2.08. The average molecular weight is 234 g/mol. The molecule has 0 unspecified atom stereocenters. The summed E-state index contributed by atoms with van der Waals surface area (Å²) < 4.78 is 5.88. The standard InChI is InChI=1S/C14H20NO2/c1-14(2,3)17-13(16)15(10-7-11-15)12-8-5-4-6-9-12/h4-6,8-9H,7,10-11H2,1-3H3/q+1. The molecule has 0 aliphatic carbocycles. The van der Waals surface area contributed by atoms with Crippen molar-refractivity contribution in [2.75, 3.05) is 13.1 Å². The first-order chi connectivity index (χ1) is 7.94. The number of rotatable bonds is 1. The fraction of sp³-hybridized carbons (Fsp3) is 0.500. The summed E-state index contributed by atoms with van der Waals surface area (Å²) in [5.74, 6) is 0. The fourth-order valence-electron chi connectivity index (χ4n) is 2.08. The molecule has 0 aromatic heterocycles. The van der Waals surface area contributed by atoms with Gasteiger partial charge in [0.15, 0.2) is 0 Å². The van der Waals surface area contributed by atoms with Gasteiger partial charge in [0.1, 0.15) is 11.3 Å². The maximum atomic E-state index is 12.3. The van der Waals surface area contributed by atoms with Crippen molar-refractivity contribution in [3.05, 3.63) is 30.3 Å². The predicted octanol–water partition coefficient (Wildman–Crippen LogP) is 3.33. The van der Waals surface area contributed by atoms with E-state index in [9.17, 15) is 4.79 Å². The number of likely N-dealkylation sites (tertiary alicyclic amines) is 1. The molecular formula is C14H20NO2+. The van der Waals surface area contributed by atoms with Gasteiger partial charge >= 0.3 is 6.09 Å². The second-order valence-corrected chi connectivity index (χ2v) is 5.58. The van der Waals surface area contributed by atoms with Gasteiger partial charge in [0, 0.05) is 6.42 Å². The summed E-state index contributed by atoms with van der Waals surface area (Å²) in [6, 6.07) is 9.91. The Bertz CT molecular complexity index is 402. The summed E-state index contributed by atoms with van der Waals surface area (Å²) in [5, 5.41) is 0. The summed E-state index contributed by atoms with van der Waals surface area (Å²) >= 11 is 0. The SMILES string of the molecule is CC(C)(C)OC(=O)[N+]1(c2ccccc2)CCC1. The van der Waals surface area contributed by atoms with E-state index < -0.39 is 5.60 Å². The largest absolute Gasteiger partial charge is 0.521 e. The van der Waals surface area contributed by atoms with Gasteiger partial charge in [0.05, 0.1) is 13.1 Å². The normalized spacial score (nSPS) is 18.3. The monoisotopic (exact) mass is 234 g/mol. The van der Waals surface area contributed by atoms with Gasteiger partial charge in [-0.25, -0.2) is 0 Å². The lowest BCUT2D eigenvalue weighted by atomic mass is 10.1. The van der Waals surface area contributed by atoms with Gasteiger partial charge in [-0.3, -0.25) is 0 Å². The second kappa shape index (κ2) is 4.15. The molecule has 1 heterocycles. The molecule has 3 nitrogen and oxygen atoms in total. The Labute approximate surface area is 103 Å². The molecule has 17 heavy (non-hydrogen) atoms. The second-order valence-electron chi connectivity index (χ2n) is 5.58. The highest BCUT2D eigenvalue weighted by Crippen LogP contribution is 2.32. The third-order valence-corrected chi connectivity index (χ3v) is 3.07. The van der Waals surface area contributed by atoms with Crippen molar-refractivity contribution in [2.24, 2.45) is 0 Å². The van der Waals surface area contributed by atoms with Crippen molar-refractivity contribution in [3.63, 3.8) is 0 Å². The van der Waals surface area contributed by atoms with Gasteiger partial charge in [-0.1, -0.05) is 18.2 Å². The number of quaternary nitrogens is 1. The number of para-hydroxylation sites is 1. The van der Waals surface area contributed by atoms with Gasteiger partial charge in [-0.05, 0) is 32.9 Å². The molecule has 1 saturated heterocycles. The Balaban J connectivity index is 2.24. The molecule has 0 spiro atoms. The van der Waals surface area contributed by atoms with Crippen molar-refractivity contribution in [1.29, 1.82) is 0 Å². The molecule has 1 aromatic carbocycles. The number of nitrogens with zero attached hydrogens (tertiary/aromatic N) is 1. The molecule has 0 bridgehead atoms. The van der Waals surface area contributed by atoms with Crippen molar-refractivity contribution >= 4 is 11.8 Å². The van der Waals surface area contributed by atoms with E-state index in [-0.39, 0.29) is 6.09 Å². The minimum atomic E-state index is -0.424. The van der Waals surface area contributed by atoms with Crippen LogP contribution < -0.4 is 4.48 Å². The highest BCUT2D eigenvalue weighted by Gasteiger charge is 2.48. The number of amides is 1. The predicted molar refractivity (Wildman–Crippen MR) is 68.8 cm³/mol. The Morgan fingerprint density at radius 2 is 1.76 bits per heavy atom. The topological polar surface area (TPSA) is 26.3 Å². The van der Waals surface area contributed by atoms with Crippen LogP contribution >= 0.6 is 0 Å². The minimum absolute atomic E-state index is 0.130. The average Bonchev–Trinajstić information content (AvgIpc) is 2.14. The number of benzene rings is 1. The molecule has 3 heteroatoms. The zero-order valence-corrected chi connectivity index (χ0v) is 10.8. The maximum absolute atomic E-state index is 12.3. The Hall–Kier alpha value is -1.35. The lowest BCUT2D eigenvalue weighted by Gasteiger charge is -2.42. The van der Waals surface area contributed by atoms with Crippen LogP contribution in [0.25, 0.3) is 0 Å². The molecule has 1 aromatic rings. The molecule has 0 saturated carbocycles. The summed E-state index contributed by atoms with van der Waals surface area (Å²) in [4.78, 5) is 12.3. The highest BCUT2D eigenvalue weighted by molar-refractivity contribution is 5.83. The van der Waals surface area contributed by atoms with Crippen LogP contribution in [-0.4, -0.2) is 24.8 Å². The molecule has 1 fully saturated rings. The zero-order valence-electron chi connectivity index (χ0n) is 10.8. The van der Waals surface area contributed by atoms with E-state index in [1.54, 1.807) is 0 Å².